The second-order valence-corrected chi connectivity index (χ2v) is 6.26. The highest BCUT2D eigenvalue weighted by Crippen LogP contribution is 2.22. The van der Waals surface area contributed by atoms with Crippen molar-refractivity contribution in [2.45, 2.75) is 19.8 Å². The van der Waals surface area contributed by atoms with Crippen molar-refractivity contribution in [2.75, 3.05) is 27.3 Å². The summed E-state index contributed by atoms with van der Waals surface area (Å²) in [7, 11) is 3.32. The van der Waals surface area contributed by atoms with Gasteiger partial charge in [-0.25, -0.2) is 19.3 Å². The maximum Gasteiger partial charge on any atom is 0.348 e. The van der Waals surface area contributed by atoms with E-state index >= 15 is 0 Å². The number of amides is 1. The maximum atomic E-state index is 12.5. The molecule has 0 spiro atoms. The predicted molar refractivity (Wildman–Crippen MR) is 94.0 cm³/mol. The minimum atomic E-state index is -0.319. The molecule has 0 aliphatic rings. The van der Waals surface area contributed by atoms with Crippen molar-refractivity contribution in [1.82, 2.24) is 24.5 Å². The zero-order chi connectivity index (χ0) is 18.1. The molecule has 0 saturated heterocycles. The Morgan fingerprint density at radius 3 is 2.84 bits per heavy atom. The van der Waals surface area contributed by atoms with E-state index < -0.39 is 0 Å². The van der Waals surface area contributed by atoms with Crippen LogP contribution in [0, 0.1) is 0 Å². The first kappa shape index (κ1) is 17.1. The molecule has 0 saturated carbocycles. The van der Waals surface area contributed by atoms with Crippen LogP contribution in [0.15, 0.2) is 23.0 Å². The summed E-state index contributed by atoms with van der Waals surface area (Å²) in [5.41, 5.74) is 2.64. The Labute approximate surface area is 144 Å². The summed E-state index contributed by atoms with van der Waals surface area (Å²) in [6, 6.07) is 5.14. The second-order valence-electron chi connectivity index (χ2n) is 6.26. The Balaban J connectivity index is 2.14. The van der Waals surface area contributed by atoms with Gasteiger partial charge in [-0.2, -0.15) is 5.10 Å². The minimum Gasteiger partial charge on any atom is -0.383 e. The summed E-state index contributed by atoms with van der Waals surface area (Å²) in [6.45, 7) is 4.94. The molecule has 132 valence electrons. The van der Waals surface area contributed by atoms with Gasteiger partial charge in [0.05, 0.1) is 23.3 Å². The highest BCUT2D eigenvalue weighted by atomic mass is 16.5. The van der Waals surface area contributed by atoms with E-state index in [9.17, 15) is 9.59 Å². The number of benzene rings is 1. The van der Waals surface area contributed by atoms with Crippen LogP contribution in [0.1, 0.15) is 35.8 Å². The van der Waals surface area contributed by atoms with Crippen molar-refractivity contribution >= 4 is 22.6 Å². The highest BCUT2D eigenvalue weighted by Gasteiger charge is 2.17. The quantitative estimate of drug-likeness (QED) is 0.756. The van der Waals surface area contributed by atoms with Crippen molar-refractivity contribution in [3.05, 3.63) is 39.9 Å². The Morgan fingerprint density at radius 1 is 1.40 bits per heavy atom. The molecule has 1 aromatic carbocycles. The lowest BCUT2D eigenvalue weighted by atomic mass is 10.1. The van der Waals surface area contributed by atoms with Gasteiger partial charge in [0.1, 0.15) is 0 Å². The zero-order valence-corrected chi connectivity index (χ0v) is 14.7. The number of likely N-dealkylation sites (N-methyl/N-ethyl adjacent to an activating group) is 1. The van der Waals surface area contributed by atoms with Crippen molar-refractivity contribution in [3.8, 4) is 0 Å². The molecule has 0 radical (unpaired) electrons. The molecule has 3 rings (SSSR count). The molecule has 3 aromatic rings. The van der Waals surface area contributed by atoms with Gasteiger partial charge in [-0.15, -0.1) is 0 Å². The maximum absolute atomic E-state index is 12.5. The molecular weight excluding hydrogens is 322 g/mol. The fraction of sp³-hybridized carbons (Fsp3) is 0.412. The molecule has 8 heteroatoms. The standard InChI is InChI=1S/C17H21N5O3/c1-10(2)14-15-19-20-17(24)22(15)13-6-5-11(9-12(13)18-14)16(23)21(3)7-8-25-4/h5-6,9-10H,7-8H2,1-4H3,(H,20,24). The largest absolute Gasteiger partial charge is 0.383 e. The molecule has 0 aliphatic heterocycles. The second kappa shape index (κ2) is 6.64. The third-order valence-corrected chi connectivity index (χ3v) is 4.13. The smallest absolute Gasteiger partial charge is 0.348 e. The molecule has 2 heterocycles. The van der Waals surface area contributed by atoms with Crippen LogP contribution in [-0.4, -0.2) is 57.7 Å². The number of nitrogens with one attached hydrogen (secondary N) is 1. The van der Waals surface area contributed by atoms with Crippen LogP contribution in [0.25, 0.3) is 16.7 Å². The van der Waals surface area contributed by atoms with E-state index in [-0.39, 0.29) is 17.5 Å². The molecule has 0 unspecified atom stereocenters. The lowest BCUT2D eigenvalue weighted by Gasteiger charge is -2.17. The summed E-state index contributed by atoms with van der Waals surface area (Å²) in [5.74, 6) is -0.0303. The lowest BCUT2D eigenvalue weighted by Crippen LogP contribution is -2.29. The summed E-state index contributed by atoms with van der Waals surface area (Å²) in [5, 5.41) is 6.55. The fourth-order valence-corrected chi connectivity index (χ4v) is 2.74. The van der Waals surface area contributed by atoms with Crippen LogP contribution in [-0.2, 0) is 4.74 Å². The van der Waals surface area contributed by atoms with Gasteiger partial charge in [0.15, 0.2) is 5.65 Å². The first-order valence-corrected chi connectivity index (χ1v) is 8.09. The van der Waals surface area contributed by atoms with Crippen LogP contribution >= 0.6 is 0 Å². The van der Waals surface area contributed by atoms with Gasteiger partial charge in [-0.1, -0.05) is 13.8 Å². The van der Waals surface area contributed by atoms with E-state index in [2.05, 4.69) is 15.2 Å². The SMILES string of the molecule is COCCN(C)C(=O)c1ccc2c(c1)nc(C(C)C)c1n[nH]c(=O)n12. The average Bonchev–Trinajstić information content (AvgIpc) is 2.99. The van der Waals surface area contributed by atoms with Crippen LogP contribution in [0.2, 0.25) is 0 Å². The van der Waals surface area contributed by atoms with Crippen LogP contribution in [0.5, 0.6) is 0 Å². The molecule has 2 aromatic heterocycles. The van der Waals surface area contributed by atoms with Gasteiger partial charge in [0.2, 0.25) is 0 Å². The van der Waals surface area contributed by atoms with Crippen molar-refractivity contribution < 1.29 is 9.53 Å². The Hall–Kier alpha value is -2.74. The Morgan fingerprint density at radius 2 is 2.16 bits per heavy atom. The van der Waals surface area contributed by atoms with Gasteiger partial charge < -0.3 is 9.64 Å². The molecule has 1 N–H and O–H groups in total. The molecule has 25 heavy (non-hydrogen) atoms. The number of H-pyrrole nitrogens is 1. The molecular formula is C17H21N5O3. The Bertz CT molecular complexity index is 989. The average molecular weight is 343 g/mol. The molecule has 0 fully saturated rings. The van der Waals surface area contributed by atoms with Crippen molar-refractivity contribution in [1.29, 1.82) is 0 Å². The third-order valence-electron chi connectivity index (χ3n) is 4.13. The van der Waals surface area contributed by atoms with E-state index in [1.807, 2.05) is 13.8 Å². The molecule has 1 amide bonds. The van der Waals surface area contributed by atoms with Gasteiger partial charge in [0.25, 0.3) is 5.91 Å². The molecule has 0 aliphatic carbocycles. The summed E-state index contributed by atoms with van der Waals surface area (Å²) in [4.78, 5) is 30.9. The monoisotopic (exact) mass is 343 g/mol. The predicted octanol–water partition coefficient (Wildman–Crippen LogP) is 1.41. The number of nitrogens with zero attached hydrogens (tertiary/aromatic N) is 4. The summed E-state index contributed by atoms with van der Waals surface area (Å²) in [6.07, 6.45) is 0. The van der Waals surface area contributed by atoms with E-state index in [4.69, 9.17) is 4.74 Å². The number of ether oxygens (including phenoxy) is 1. The third kappa shape index (κ3) is 3.00. The number of methoxy groups -OCH3 is 1. The molecule has 8 nitrogen and oxygen atoms in total. The van der Waals surface area contributed by atoms with Gasteiger partial charge in [0, 0.05) is 26.3 Å². The molecule has 0 atom stereocenters. The number of aromatic nitrogens is 4. The number of hydrogen-bond acceptors (Lipinski definition) is 5. The fourth-order valence-electron chi connectivity index (χ4n) is 2.74. The van der Waals surface area contributed by atoms with Gasteiger partial charge in [-0.3, -0.25) is 4.79 Å². The van der Waals surface area contributed by atoms with E-state index in [0.717, 1.165) is 0 Å². The van der Waals surface area contributed by atoms with Crippen molar-refractivity contribution in [3.63, 3.8) is 0 Å². The van der Waals surface area contributed by atoms with Crippen LogP contribution in [0.3, 0.4) is 0 Å². The van der Waals surface area contributed by atoms with Crippen molar-refractivity contribution in [2.24, 2.45) is 0 Å². The van der Waals surface area contributed by atoms with Crippen LogP contribution < -0.4 is 5.69 Å². The first-order chi connectivity index (χ1) is 11.9. The van der Waals surface area contributed by atoms with E-state index in [1.54, 1.807) is 37.3 Å². The highest BCUT2D eigenvalue weighted by molar-refractivity contribution is 5.97. The number of fused-ring (bicyclic) bond motifs is 3. The topological polar surface area (TPSA) is 92.6 Å². The minimum absolute atomic E-state index is 0.0887. The summed E-state index contributed by atoms with van der Waals surface area (Å²) < 4.78 is 6.51. The number of aromatic amines is 1. The van der Waals surface area contributed by atoms with Gasteiger partial charge >= 0.3 is 5.69 Å². The normalized spacial score (nSPS) is 11.6. The van der Waals surface area contributed by atoms with Gasteiger partial charge in [-0.05, 0) is 24.1 Å². The zero-order valence-electron chi connectivity index (χ0n) is 14.7. The van der Waals surface area contributed by atoms with E-state index in [0.29, 0.717) is 41.1 Å². The first-order valence-electron chi connectivity index (χ1n) is 8.09. The van der Waals surface area contributed by atoms with Crippen LogP contribution in [0.4, 0.5) is 0 Å². The Kier molecular flexibility index (Phi) is 4.54. The number of carbonyl (C=O) groups excluding carboxylic acids is 1. The number of rotatable bonds is 5. The number of hydrogen-bond donors (Lipinski definition) is 1. The van der Waals surface area contributed by atoms with E-state index in [1.165, 1.54) is 4.40 Å². The molecule has 0 bridgehead atoms. The lowest BCUT2D eigenvalue weighted by molar-refractivity contribution is 0.0744. The number of carbonyl (C=O) groups is 1. The summed E-state index contributed by atoms with van der Waals surface area (Å²) >= 11 is 0.